The molecule has 0 amide bonds. The lowest BCUT2D eigenvalue weighted by Gasteiger charge is -2.15. The summed E-state index contributed by atoms with van der Waals surface area (Å²) < 4.78 is 14.0. The van der Waals surface area contributed by atoms with E-state index in [0.29, 0.717) is 13.2 Å². The van der Waals surface area contributed by atoms with Crippen LogP contribution in [0.15, 0.2) is 70.1 Å². The number of benzene rings is 3. The van der Waals surface area contributed by atoms with Gasteiger partial charge in [-0.1, -0.05) is 46.3 Å². The molecule has 3 aromatic carbocycles. The van der Waals surface area contributed by atoms with Crippen LogP contribution >= 0.6 is 38.5 Å². The van der Waals surface area contributed by atoms with Crippen molar-refractivity contribution in [1.29, 1.82) is 0 Å². The lowest BCUT2D eigenvalue weighted by Crippen LogP contribution is -2.02. The van der Waals surface area contributed by atoms with E-state index in [1.807, 2.05) is 61.7 Å². The van der Waals surface area contributed by atoms with E-state index in [1.54, 1.807) is 0 Å². The minimum atomic E-state index is 0.486. The normalized spacial score (nSPS) is 11.0. The lowest BCUT2D eigenvalue weighted by molar-refractivity contribution is 0.267. The highest BCUT2D eigenvalue weighted by Crippen LogP contribution is 2.35. The minimum absolute atomic E-state index is 0.486. The number of halogens is 2. The van der Waals surface area contributed by atoms with Gasteiger partial charge in [-0.25, -0.2) is 0 Å². The van der Waals surface area contributed by atoms with Gasteiger partial charge in [0.05, 0.1) is 15.9 Å². The van der Waals surface area contributed by atoms with E-state index in [4.69, 9.17) is 9.47 Å². The molecule has 3 aromatic rings. The molecule has 0 N–H and O–H groups in total. The quantitative estimate of drug-likeness (QED) is 0.233. The predicted molar refractivity (Wildman–Crippen MR) is 127 cm³/mol. The zero-order valence-electron chi connectivity index (χ0n) is 15.8. The molecule has 0 spiro atoms. The standard InChI is InChI=1S/C23H21BrINO2/c1-3-27-22-13-18(14-26-21-7-5-4-6-16(21)2)12-20(25)23(22)28-15-17-8-10-19(24)11-9-17/h4-14H,3,15H2,1-2H3. The fourth-order valence-corrected chi connectivity index (χ4v) is 3.70. The van der Waals surface area contributed by atoms with Gasteiger partial charge in [0.2, 0.25) is 0 Å². The molecule has 28 heavy (non-hydrogen) atoms. The molecule has 0 saturated carbocycles. The highest BCUT2D eigenvalue weighted by atomic mass is 127. The number of para-hydroxylation sites is 1. The van der Waals surface area contributed by atoms with Gasteiger partial charge in [0.25, 0.3) is 0 Å². The second kappa shape index (κ2) is 10.1. The summed E-state index contributed by atoms with van der Waals surface area (Å²) in [6.07, 6.45) is 1.87. The molecular formula is C23H21BrINO2. The van der Waals surface area contributed by atoms with Crippen molar-refractivity contribution in [2.75, 3.05) is 6.61 Å². The van der Waals surface area contributed by atoms with Crippen molar-refractivity contribution in [2.24, 2.45) is 4.99 Å². The summed E-state index contributed by atoms with van der Waals surface area (Å²) in [5.41, 5.74) is 4.19. The number of aryl methyl sites for hydroxylation is 1. The number of nitrogens with zero attached hydrogens (tertiary/aromatic N) is 1. The van der Waals surface area contributed by atoms with E-state index in [-0.39, 0.29) is 0 Å². The molecule has 0 aromatic heterocycles. The van der Waals surface area contributed by atoms with E-state index in [9.17, 15) is 0 Å². The van der Waals surface area contributed by atoms with Crippen molar-refractivity contribution < 1.29 is 9.47 Å². The van der Waals surface area contributed by atoms with Crippen LogP contribution in [-0.2, 0) is 6.61 Å². The fraction of sp³-hybridized carbons (Fsp3) is 0.174. The van der Waals surface area contributed by atoms with Gasteiger partial charge < -0.3 is 9.47 Å². The summed E-state index contributed by atoms with van der Waals surface area (Å²) in [4.78, 5) is 4.62. The topological polar surface area (TPSA) is 30.8 Å². The Morgan fingerprint density at radius 3 is 2.50 bits per heavy atom. The molecule has 0 aliphatic heterocycles. The lowest BCUT2D eigenvalue weighted by atomic mass is 10.2. The smallest absolute Gasteiger partial charge is 0.175 e. The average Bonchev–Trinajstić information content (AvgIpc) is 2.68. The van der Waals surface area contributed by atoms with E-state index < -0.39 is 0 Å². The summed E-state index contributed by atoms with van der Waals surface area (Å²) in [6, 6.07) is 20.2. The molecule has 0 bridgehead atoms. The molecule has 0 saturated heterocycles. The summed E-state index contributed by atoms with van der Waals surface area (Å²) in [5.74, 6) is 1.50. The third-order valence-corrected chi connectivity index (χ3v) is 5.43. The summed E-state index contributed by atoms with van der Waals surface area (Å²) >= 11 is 5.74. The van der Waals surface area contributed by atoms with Crippen LogP contribution < -0.4 is 9.47 Å². The number of aliphatic imine (C=N–C) groups is 1. The first kappa shape index (κ1) is 20.9. The van der Waals surface area contributed by atoms with Crippen LogP contribution in [0, 0.1) is 10.5 Å². The van der Waals surface area contributed by atoms with Gasteiger partial charge in [0.1, 0.15) is 6.61 Å². The van der Waals surface area contributed by atoms with Gasteiger partial charge in [-0.15, -0.1) is 0 Å². The third-order valence-electron chi connectivity index (χ3n) is 4.10. The maximum Gasteiger partial charge on any atom is 0.175 e. The van der Waals surface area contributed by atoms with Crippen molar-refractivity contribution in [1.82, 2.24) is 0 Å². The Hall–Kier alpha value is -1.86. The molecule has 0 radical (unpaired) electrons. The Balaban J connectivity index is 1.83. The van der Waals surface area contributed by atoms with Gasteiger partial charge in [-0.3, -0.25) is 4.99 Å². The van der Waals surface area contributed by atoms with Crippen molar-refractivity contribution in [3.63, 3.8) is 0 Å². The van der Waals surface area contributed by atoms with Gasteiger partial charge in [0, 0.05) is 10.7 Å². The van der Waals surface area contributed by atoms with Crippen molar-refractivity contribution in [3.05, 3.63) is 85.4 Å². The summed E-state index contributed by atoms with van der Waals surface area (Å²) in [5, 5.41) is 0. The van der Waals surface area contributed by atoms with Crippen molar-refractivity contribution in [3.8, 4) is 11.5 Å². The monoisotopic (exact) mass is 549 g/mol. The van der Waals surface area contributed by atoms with Crippen molar-refractivity contribution in [2.45, 2.75) is 20.5 Å². The van der Waals surface area contributed by atoms with Crippen molar-refractivity contribution >= 4 is 50.4 Å². The van der Waals surface area contributed by atoms with Crippen LogP contribution in [0.4, 0.5) is 5.69 Å². The van der Waals surface area contributed by atoms with E-state index in [2.05, 4.69) is 62.6 Å². The molecule has 144 valence electrons. The SMILES string of the molecule is CCOc1cc(C=Nc2ccccc2C)cc(I)c1OCc1ccc(Br)cc1. The summed E-state index contributed by atoms with van der Waals surface area (Å²) in [7, 11) is 0. The molecule has 0 aliphatic rings. The fourth-order valence-electron chi connectivity index (χ4n) is 2.65. The molecular weight excluding hydrogens is 529 g/mol. The maximum atomic E-state index is 6.09. The van der Waals surface area contributed by atoms with Crippen LogP contribution in [0.1, 0.15) is 23.6 Å². The first-order chi connectivity index (χ1) is 13.6. The number of ether oxygens (including phenoxy) is 2. The number of hydrogen-bond donors (Lipinski definition) is 0. The largest absolute Gasteiger partial charge is 0.490 e. The Morgan fingerprint density at radius 2 is 1.79 bits per heavy atom. The van der Waals surface area contributed by atoms with E-state index >= 15 is 0 Å². The number of rotatable bonds is 7. The Bertz CT molecular complexity index is 971. The van der Waals surface area contributed by atoms with E-state index in [1.165, 1.54) is 0 Å². The molecule has 0 atom stereocenters. The molecule has 0 fully saturated rings. The summed E-state index contributed by atoms with van der Waals surface area (Å²) in [6.45, 7) is 5.09. The van der Waals surface area contributed by atoms with Gasteiger partial charge in [0.15, 0.2) is 11.5 Å². The highest BCUT2D eigenvalue weighted by molar-refractivity contribution is 14.1. The van der Waals surface area contributed by atoms with Gasteiger partial charge >= 0.3 is 0 Å². The van der Waals surface area contributed by atoms with Crippen LogP contribution in [0.25, 0.3) is 0 Å². The van der Waals surface area contributed by atoms with Gasteiger partial charge in [-0.05, 0) is 83.5 Å². The number of hydrogen-bond acceptors (Lipinski definition) is 3. The van der Waals surface area contributed by atoms with Crippen LogP contribution in [-0.4, -0.2) is 12.8 Å². The van der Waals surface area contributed by atoms with Crippen LogP contribution in [0.2, 0.25) is 0 Å². The van der Waals surface area contributed by atoms with E-state index in [0.717, 1.165) is 41.9 Å². The van der Waals surface area contributed by atoms with Crippen LogP contribution in [0.3, 0.4) is 0 Å². The Kier molecular flexibility index (Phi) is 7.50. The Labute approximate surface area is 188 Å². The second-order valence-electron chi connectivity index (χ2n) is 6.22. The minimum Gasteiger partial charge on any atom is -0.490 e. The molecule has 0 unspecified atom stereocenters. The molecule has 0 heterocycles. The molecule has 5 heteroatoms. The first-order valence-electron chi connectivity index (χ1n) is 9.00. The highest BCUT2D eigenvalue weighted by Gasteiger charge is 2.12. The second-order valence-corrected chi connectivity index (χ2v) is 8.30. The third kappa shape index (κ3) is 5.58. The maximum absolute atomic E-state index is 6.09. The molecule has 0 aliphatic carbocycles. The average molecular weight is 550 g/mol. The zero-order valence-corrected chi connectivity index (χ0v) is 19.5. The zero-order chi connectivity index (χ0) is 19.9. The Morgan fingerprint density at radius 1 is 1.04 bits per heavy atom. The van der Waals surface area contributed by atoms with Gasteiger partial charge in [-0.2, -0.15) is 0 Å². The molecule has 3 nitrogen and oxygen atoms in total. The predicted octanol–water partition coefficient (Wildman–Crippen LogP) is 7.09. The first-order valence-corrected chi connectivity index (χ1v) is 10.9. The van der Waals surface area contributed by atoms with Crippen LogP contribution in [0.5, 0.6) is 11.5 Å². The molecule has 3 rings (SSSR count).